The zero-order chi connectivity index (χ0) is 20.0. The summed E-state index contributed by atoms with van der Waals surface area (Å²) in [6.07, 6.45) is 7.79. The Bertz CT molecular complexity index is 750. The molecule has 0 radical (unpaired) electrons. The zero-order valence-electron chi connectivity index (χ0n) is 16.9. The lowest BCUT2D eigenvalue weighted by Gasteiger charge is -2.56. The van der Waals surface area contributed by atoms with E-state index in [4.69, 9.17) is 0 Å². The van der Waals surface area contributed by atoms with Crippen molar-refractivity contribution in [2.24, 2.45) is 17.8 Å². The summed E-state index contributed by atoms with van der Waals surface area (Å²) >= 11 is 0. The highest BCUT2D eigenvalue weighted by molar-refractivity contribution is 5.77. The predicted octanol–water partition coefficient (Wildman–Crippen LogP) is 1.38. The minimum atomic E-state index is -0.367. The molecule has 4 saturated carbocycles. The maximum atomic E-state index is 12.8. The highest BCUT2D eigenvalue weighted by Gasteiger charge is 2.51. The van der Waals surface area contributed by atoms with Gasteiger partial charge in [-0.15, -0.1) is 0 Å². The third-order valence-corrected chi connectivity index (χ3v) is 7.75. The van der Waals surface area contributed by atoms with Gasteiger partial charge in [0.15, 0.2) is 6.54 Å². The molecule has 7 nitrogen and oxygen atoms in total. The van der Waals surface area contributed by atoms with Gasteiger partial charge in [-0.2, -0.15) is 0 Å². The predicted molar refractivity (Wildman–Crippen MR) is 110 cm³/mol. The first-order valence-electron chi connectivity index (χ1n) is 11.1. The van der Waals surface area contributed by atoms with E-state index in [1.807, 2.05) is 12.1 Å². The summed E-state index contributed by atoms with van der Waals surface area (Å²) in [7, 11) is 0. The molecule has 1 heterocycles. The second-order valence-corrected chi connectivity index (χ2v) is 9.93. The Labute approximate surface area is 171 Å². The van der Waals surface area contributed by atoms with Crippen LogP contribution in [0, 0.1) is 27.9 Å². The van der Waals surface area contributed by atoms with Crippen LogP contribution in [0.15, 0.2) is 24.3 Å². The normalized spacial score (nSPS) is 33.7. The molecule has 0 aromatic heterocycles. The summed E-state index contributed by atoms with van der Waals surface area (Å²) in [4.78, 5) is 26.9. The van der Waals surface area contributed by atoms with Crippen molar-refractivity contribution in [2.45, 2.75) is 44.1 Å². The van der Waals surface area contributed by atoms with Gasteiger partial charge in [0.25, 0.3) is 11.6 Å². The van der Waals surface area contributed by atoms with Crippen molar-refractivity contribution < 1.29 is 14.6 Å². The third-order valence-electron chi connectivity index (χ3n) is 7.75. The number of hydrogen-bond donors (Lipinski definition) is 2. The Morgan fingerprint density at radius 2 is 1.62 bits per heavy atom. The topological polar surface area (TPSA) is 79.9 Å². The van der Waals surface area contributed by atoms with Gasteiger partial charge in [-0.3, -0.25) is 14.9 Å². The number of nitrogens with zero attached hydrogens (tertiary/aromatic N) is 2. The van der Waals surface area contributed by atoms with Crippen molar-refractivity contribution >= 4 is 17.3 Å². The maximum absolute atomic E-state index is 12.8. The first-order valence-corrected chi connectivity index (χ1v) is 11.1. The van der Waals surface area contributed by atoms with E-state index in [0.29, 0.717) is 6.54 Å². The van der Waals surface area contributed by atoms with Gasteiger partial charge in [0.1, 0.15) is 0 Å². The van der Waals surface area contributed by atoms with Crippen LogP contribution in [0.1, 0.15) is 38.5 Å². The van der Waals surface area contributed by atoms with E-state index in [1.165, 1.54) is 43.4 Å². The molecule has 5 aliphatic rings. The summed E-state index contributed by atoms with van der Waals surface area (Å²) in [6.45, 7) is 4.15. The van der Waals surface area contributed by atoms with E-state index in [-0.39, 0.29) is 22.1 Å². The molecular weight excluding hydrogens is 368 g/mol. The smallest absolute Gasteiger partial charge is 0.275 e. The summed E-state index contributed by atoms with van der Waals surface area (Å²) in [5, 5.41) is 14.3. The van der Waals surface area contributed by atoms with E-state index < -0.39 is 0 Å². The van der Waals surface area contributed by atoms with Gasteiger partial charge < -0.3 is 15.1 Å². The van der Waals surface area contributed by atoms with Gasteiger partial charge in [-0.05, 0) is 68.4 Å². The number of non-ortho nitro benzene ring substituents is 1. The Balaban J connectivity index is 1.12. The third kappa shape index (κ3) is 3.84. The van der Waals surface area contributed by atoms with Crippen LogP contribution in [0.2, 0.25) is 0 Å². The average Bonchev–Trinajstić information content (AvgIpc) is 2.67. The average molecular weight is 400 g/mol. The van der Waals surface area contributed by atoms with Crippen molar-refractivity contribution in [1.29, 1.82) is 0 Å². The first kappa shape index (κ1) is 18.9. The Morgan fingerprint density at radius 3 is 2.14 bits per heavy atom. The SMILES string of the molecule is O=C(C[NH+]1CCN(c2ccc([N+](=O)[O-])cc2)CC1)NC12CC3CC(CC(C3)C1)C2. The Kier molecular flexibility index (Phi) is 4.73. The highest BCUT2D eigenvalue weighted by Crippen LogP contribution is 2.55. The van der Waals surface area contributed by atoms with Gasteiger partial charge in [-0.25, -0.2) is 0 Å². The van der Waals surface area contributed by atoms with Crippen LogP contribution in [0.3, 0.4) is 0 Å². The van der Waals surface area contributed by atoms with E-state index in [9.17, 15) is 14.9 Å². The molecule has 6 rings (SSSR count). The summed E-state index contributed by atoms with van der Waals surface area (Å²) < 4.78 is 0. The molecule has 29 heavy (non-hydrogen) atoms. The van der Waals surface area contributed by atoms with Crippen LogP contribution < -0.4 is 15.1 Å². The number of nitrogens with one attached hydrogen (secondary N) is 2. The van der Waals surface area contributed by atoms with E-state index in [2.05, 4.69) is 10.2 Å². The summed E-state index contributed by atoms with van der Waals surface area (Å²) in [5.41, 5.74) is 1.25. The molecule has 5 fully saturated rings. The van der Waals surface area contributed by atoms with E-state index in [0.717, 1.165) is 49.6 Å². The molecule has 1 aromatic rings. The Morgan fingerprint density at radius 1 is 1.07 bits per heavy atom. The molecule has 7 heteroatoms. The van der Waals surface area contributed by atoms with Crippen LogP contribution in [0.4, 0.5) is 11.4 Å². The monoisotopic (exact) mass is 399 g/mol. The number of quaternary nitrogens is 1. The number of anilines is 1. The number of hydrogen-bond acceptors (Lipinski definition) is 4. The largest absolute Gasteiger partial charge is 0.360 e. The maximum Gasteiger partial charge on any atom is 0.275 e. The Hall–Kier alpha value is -2.15. The molecular formula is C22H31N4O3+. The lowest BCUT2D eigenvalue weighted by atomic mass is 9.53. The van der Waals surface area contributed by atoms with Crippen LogP contribution in [-0.4, -0.2) is 49.1 Å². The minimum Gasteiger partial charge on any atom is -0.360 e. The second-order valence-electron chi connectivity index (χ2n) is 9.93. The molecule has 0 atom stereocenters. The van der Waals surface area contributed by atoms with Crippen molar-refractivity contribution in [3.63, 3.8) is 0 Å². The van der Waals surface area contributed by atoms with Gasteiger partial charge in [0, 0.05) is 23.4 Å². The molecule has 1 saturated heterocycles. The molecule has 1 aromatic carbocycles. The lowest BCUT2D eigenvalue weighted by Crippen LogP contribution is -3.16. The number of carbonyl (C=O) groups is 1. The molecule has 0 spiro atoms. The molecule has 2 N–H and O–H groups in total. The molecule has 1 amide bonds. The van der Waals surface area contributed by atoms with E-state index >= 15 is 0 Å². The van der Waals surface area contributed by atoms with Crippen LogP contribution >= 0.6 is 0 Å². The molecule has 1 aliphatic heterocycles. The fourth-order valence-electron chi connectivity index (χ4n) is 6.87. The highest BCUT2D eigenvalue weighted by atomic mass is 16.6. The number of piperazine rings is 1. The van der Waals surface area contributed by atoms with Crippen molar-refractivity contribution in [3.8, 4) is 0 Å². The van der Waals surface area contributed by atoms with Gasteiger partial charge in [0.2, 0.25) is 0 Å². The quantitative estimate of drug-likeness (QED) is 0.579. The van der Waals surface area contributed by atoms with Crippen molar-refractivity contribution in [2.75, 3.05) is 37.6 Å². The first-order chi connectivity index (χ1) is 14.0. The number of amides is 1. The van der Waals surface area contributed by atoms with Crippen LogP contribution in [0.25, 0.3) is 0 Å². The van der Waals surface area contributed by atoms with Gasteiger partial charge in [0.05, 0.1) is 31.1 Å². The number of carbonyl (C=O) groups excluding carboxylic acids is 1. The number of rotatable bonds is 5. The number of benzene rings is 1. The number of nitro groups is 1. The van der Waals surface area contributed by atoms with E-state index in [1.54, 1.807) is 12.1 Å². The van der Waals surface area contributed by atoms with Crippen LogP contribution in [-0.2, 0) is 4.79 Å². The van der Waals surface area contributed by atoms with Crippen LogP contribution in [0.5, 0.6) is 0 Å². The molecule has 156 valence electrons. The van der Waals surface area contributed by atoms with Gasteiger partial charge in [-0.1, -0.05) is 0 Å². The second kappa shape index (κ2) is 7.27. The zero-order valence-corrected chi connectivity index (χ0v) is 16.9. The number of nitro benzene ring substituents is 1. The summed E-state index contributed by atoms with van der Waals surface area (Å²) in [5.74, 6) is 2.77. The van der Waals surface area contributed by atoms with Crippen molar-refractivity contribution in [3.05, 3.63) is 34.4 Å². The van der Waals surface area contributed by atoms with Crippen molar-refractivity contribution in [1.82, 2.24) is 5.32 Å². The molecule has 0 unspecified atom stereocenters. The minimum absolute atomic E-state index is 0.103. The lowest BCUT2D eigenvalue weighted by molar-refractivity contribution is -0.892. The standard InChI is InChI=1S/C22H30N4O3/c27-21(23-22-12-16-9-17(13-22)11-18(10-16)14-22)15-24-5-7-25(8-6-24)19-1-3-20(4-2-19)26(28)29/h1-4,16-18H,5-15H2,(H,23,27)/p+1. The molecule has 4 aliphatic carbocycles. The molecule has 4 bridgehead atoms. The summed E-state index contributed by atoms with van der Waals surface area (Å²) in [6, 6.07) is 6.77. The van der Waals surface area contributed by atoms with Gasteiger partial charge >= 0.3 is 0 Å². The fraction of sp³-hybridized carbons (Fsp3) is 0.682. The fourth-order valence-corrected chi connectivity index (χ4v) is 6.87.